The van der Waals surface area contributed by atoms with Crippen molar-refractivity contribution in [3.63, 3.8) is 0 Å². The lowest BCUT2D eigenvalue weighted by Gasteiger charge is -2.27. The molecule has 0 aliphatic heterocycles. The number of aromatic hydroxyl groups is 3. The van der Waals surface area contributed by atoms with E-state index in [0.717, 1.165) is 50.1 Å². The monoisotopic (exact) mass is 376 g/mol. The molecule has 0 aliphatic carbocycles. The molecule has 0 aliphatic rings. The van der Waals surface area contributed by atoms with Gasteiger partial charge in [0.1, 0.15) is 17.2 Å². The van der Waals surface area contributed by atoms with Gasteiger partial charge in [-0.2, -0.15) is 0 Å². The normalized spacial score (nSPS) is 11.2. The highest BCUT2D eigenvalue weighted by Crippen LogP contribution is 2.42. The van der Waals surface area contributed by atoms with Crippen LogP contribution >= 0.6 is 0 Å². The van der Waals surface area contributed by atoms with Crippen LogP contribution in [0.1, 0.15) is 56.0 Å². The second-order valence-corrected chi connectivity index (χ2v) is 7.70. The molecule has 0 spiro atoms. The van der Waals surface area contributed by atoms with E-state index in [0.29, 0.717) is 0 Å². The maximum atomic E-state index is 10.2. The van der Waals surface area contributed by atoms with Crippen LogP contribution in [0.5, 0.6) is 17.2 Å². The molecular weight excluding hydrogens is 348 g/mol. The zero-order valence-corrected chi connectivity index (χ0v) is 17.4. The van der Waals surface area contributed by atoms with Gasteiger partial charge in [0.15, 0.2) is 0 Å². The number of rotatable bonds is 3. The number of hydrogen-bond donors (Lipinski definition) is 3. The molecule has 3 rings (SSSR count). The Morgan fingerprint density at radius 1 is 0.429 bits per heavy atom. The molecule has 0 fully saturated rings. The van der Waals surface area contributed by atoms with Crippen LogP contribution in [0.2, 0.25) is 0 Å². The smallest absolute Gasteiger partial charge is 0.118 e. The highest BCUT2D eigenvalue weighted by atomic mass is 16.3. The van der Waals surface area contributed by atoms with Crippen molar-refractivity contribution in [3.05, 3.63) is 86.5 Å². The summed E-state index contributed by atoms with van der Waals surface area (Å²) in [5, 5.41) is 30.5. The summed E-state index contributed by atoms with van der Waals surface area (Å²) in [6, 6.07) is 11.2. The lowest BCUT2D eigenvalue weighted by atomic mass is 9.77. The van der Waals surface area contributed by atoms with Crippen LogP contribution in [-0.2, 0) is 0 Å². The third-order valence-corrected chi connectivity index (χ3v) is 6.33. The highest BCUT2D eigenvalue weighted by molar-refractivity contribution is 5.58. The molecule has 0 heterocycles. The van der Waals surface area contributed by atoms with E-state index in [1.807, 2.05) is 59.7 Å². The van der Waals surface area contributed by atoms with Gasteiger partial charge in [-0.1, -0.05) is 18.2 Å². The van der Waals surface area contributed by atoms with Gasteiger partial charge in [-0.3, -0.25) is 0 Å². The van der Waals surface area contributed by atoms with Crippen molar-refractivity contribution in [3.8, 4) is 17.2 Å². The third kappa shape index (κ3) is 3.11. The van der Waals surface area contributed by atoms with Gasteiger partial charge in [0.25, 0.3) is 0 Å². The lowest BCUT2D eigenvalue weighted by molar-refractivity contribution is 0.470. The first-order valence-corrected chi connectivity index (χ1v) is 9.52. The fourth-order valence-electron chi connectivity index (χ4n) is 3.92. The molecule has 3 aromatic carbocycles. The first-order valence-electron chi connectivity index (χ1n) is 9.52. The fraction of sp³-hybridized carbons (Fsp3) is 0.280. The standard InChI is InChI=1S/C25H28O3/c1-13-16(4)22(26)10-7-19(13)25(20-8-11-23(27)17(5)14(20)2)21-9-12-24(28)18(6)15(21)3/h7-12,25-28H,1-6H3. The Kier molecular flexibility index (Phi) is 5.12. The van der Waals surface area contributed by atoms with E-state index < -0.39 is 0 Å². The van der Waals surface area contributed by atoms with Crippen LogP contribution in [0.3, 0.4) is 0 Å². The number of benzene rings is 3. The van der Waals surface area contributed by atoms with Crippen molar-refractivity contribution in [2.24, 2.45) is 0 Å². The Morgan fingerprint density at radius 3 is 0.929 bits per heavy atom. The lowest BCUT2D eigenvalue weighted by Crippen LogP contribution is -2.11. The van der Waals surface area contributed by atoms with Crippen molar-refractivity contribution < 1.29 is 15.3 Å². The molecule has 146 valence electrons. The van der Waals surface area contributed by atoms with E-state index >= 15 is 0 Å². The Balaban J connectivity index is 2.38. The van der Waals surface area contributed by atoms with Crippen LogP contribution in [0.15, 0.2) is 36.4 Å². The summed E-state index contributed by atoms with van der Waals surface area (Å²) in [7, 11) is 0. The third-order valence-electron chi connectivity index (χ3n) is 6.33. The quantitative estimate of drug-likeness (QED) is 0.504. The molecule has 3 heteroatoms. The van der Waals surface area contributed by atoms with E-state index in [4.69, 9.17) is 0 Å². The zero-order valence-electron chi connectivity index (χ0n) is 17.4. The topological polar surface area (TPSA) is 60.7 Å². The molecule has 0 unspecified atom stereocenters. The second kappa shape index (κ2) is 7.23. The molecule has 0 radical (unpaired) electrons. The largest absolute Gasteiger partial charge is 0.508 e. The van der Waals surface area contributed by atoms with E-state index in [9.17, 15) is 15.3 Å². The Labute approximate surface area is 166 Å². The molecule has 0 aromatic heterocycles. The number of phenolic OH excluding ortho intramolecular Hbond substituents is 3. The van der Waals surface area contributed by atoms with Crippen molar-refractivity contribution >= 4 is 0 Å². The minimum absolute atomic E-state index is 0.0714. The second-order valence-electron chi connectivity index (χ2n) is 7.70. The molecule has 3 nitrogen and oxygen atoms in total. The molecule has 0 saturated carbocycles. The first kappa shape index (κ1) is 19.8. The van der Waals surface area contributed by atoms with Crippen LogP contribution in [0.25, 0.3) is 0 Å². The van der Waals surface area contributed by atoms with Crippen molar-refractivity contribution in [1.82, 2.24) is 0 Å². The van der Waals surface area contributed by atoms with Gasteiger partial charge in [0, 0.05) is 5.92 Å². The summed E-state index contributed by atoms with van der Waals surface area (Å²) in [6.45, 7) is 11.9. The molecule has 3 aromatic rings. The van der Waals surface area contributed by atoms with Crippen LogP contribution < -0.4 is 0 Å². The van der Waals surface area contributed by atoms with E-state index in [1.165, 1.54) is 0 Å². The Morgan fingerprint density at radius 2 is 0.679 bits per heavy atom. The molecule has 0 bridgehead atoms. The van der Waals surface area contributed by atoms with E-state index in [-0.39, 0.29) is 23.2 Å². The van der Waals surface area contributed by atoms with Gasteiger partial charge in [0.05, 0.1) is 0 Å². The van der Waals surface area contributed by atoms with Crippen molar-refractivity contribution in [2.45, 2.75) is 47.5 Å². The van der Waals surface area contributed by atoms with E-state index in [2.05, 4.69) is 0 Å². The number of hydrogen-bond acceptors (Lipinski definition) is 3. The van der Waals surface area contributed by atoms with E-state index in [1.54, 1.807) is 18.2 Å². The average molecular weight is 376 g/mol. The van der Waals surface area contributed by atoms with Gasteiger partial charge in [-0.15, -0.1) is 0 Å². The minimum Gasteiger partial charge on any atom is -0.508 e. The Bertz CT molecular complexity index is 927. The van der Waals surface area contributed by atoms with Gasteiger partial charge >= 0.3 is 0 Å². The SMILES string of the molecule is Cc1c(O)ccc(C(c2ccc(O)c(C)c2C)c2ccc(O)c(C)c2C)c1C. The molecular formula is C25H28O3. The minimum atomic E-state index is -0.0714. The summed E-state index contributed by atoms with van der Waals surface area (Å²) >= 11 is 0. The Hall–Kier alpha value is -2.94. The first-order chi connectivity index (χ1) is 13.1. The molecule has 0 saturated heterocycles. The maximum absolute atomic E-state index is 10.2. The zero-order chi connectivity index (χ0) is 20.7. The number of phenols is 3. The van der Waals surface area contributed by atoms with Gasteiger partial charge in [-0.05, 0) is 110 Å². The molecule has 0 atom stereocenters. The van der Waals surface area contributed by atoms with Crippen molar-refractivity contribution in [1.29, 1.82) is 0 Å². The van der Waals surface area contributed by atoms with Crippen LogP contribution in [0, 0.1) is 41.5 Å². The highest BCUT2D eigenvalue weighted by Gasteiger charge is 2.25. The summed E-state index contributed by atoms with van der Waals surface area (Å²) in [5.41, 5.74) is 9.04. The van der Waals surface area contributed by atoms with Crippen molar-refractivity contribution in [2.75, 3.05) is 0 Å². The predicted octanol–water partition coefficient (Wildman–Crippen LogP) is 5.83. The molecule has 28 heavy (non-hydrogen) atoms. The molecule has 3 N–H and O–H groups in total. The van der Waals surface area contributed by atoms with Gasteiger partial charge in [-0.25, -0.2) is 0 Å². The summed E-state index contributed by atoms with van der Waals surface area (Å²) < 4.78 is 0. The van der Waals surface area contributed by atoms with Gasteiger partial charge < -0.3 is 15.3 Å². The summed E-state index contributed by atoms with van der Waals surface area (Å²) in [4.78, 5) is 0. The van der Waals surface area contributed by atoms with Gasteiger partial charge in [0.2, 0.25) is 0 Å². The van der Waals surface area contributed by atoms with Crippen LogP contribution in [0.4, 0.5) is 0 Å². The average Bonchev–Trinajstić information content (AvgIpc) is 2.67. The summed E-state index contributed by atoms with van der Waals surface area (Å²) in [6.07, 6.45) is 0. The molecule has 0 amide bonds. The fourth-order valence-corrected chi connectivity index (χ4v) is 3.92. The van der Waals surface area contributed by atoms with Crippen LogP contribution in [-0.4, -0.2) is 15.3 Å². The predicted molar refractivity (Wildman–Crippen MR) is 114 cm³/mol. The maximum Gasteiger partial charge on any atom is 0.118 e. The summed E-state index contributed by atoms with van der Waals surface area (Å²) in [5.74, 6) is 0.796.